The highest BCUT2D eigenvalue weighted by atomic mass is 16.3. The standard InChI is InChI=1S/C54H33N3O/c1-2-12-38(13-3-1)53-56-47(37-25-20-34(21-26-37)40-14-10-30-55-33-40)32-48(57-53)39-27-24-36-23-22-35-11-4-7-17-43(35)54(46(36)31-39)44-18-8-5-15-41(44)51-45(54)28-29-50-52(51)42-16-6-9-19-49(42)58-50/h1-33H. The van der Waals surface area contributed by atoms with Gasteiger partial charge in [0.05, 0.1) is 16.8 Å². The van der Waals surface area contributed by atoms with Crippen LogP contribution in [0.3, 0.4) is 0 Å². The highest BCUT2D eigenvalue weighted by Gasteiger charge is 2.49. The van der Waals surface area contributed by atoms with Crippen molar-refractivity contribution in [3.63, 3.8) is 0 Å². The fourth-order valence-electron chi connectivity index (χ4n) is 9.48. The molecule has 12 rings (SSSR count). The maximum atomic E-state index is 6.50. The molecule has 0 bridgehead atoms. The van der Waals surface area contributed by atoms with Crippen LogP contribution in [-0.2, 0) is 5.41 Å². The van der Waals surface area contributed by atoms with Gasteiger partial charge in [0.25, 0.3) is 0 Å². The van der Waals surface area contributed by atoms with Gasteiger partial charge in [0.2, 0.25) is 0 Å². The van der Waals surface area contributed by atoms with Crippen LogP contribution in [0.4, 0.5) is 0 Å². The molecule has 58 heavy (non-hydrogen) atoms. The summed E-state index contributed by atoms with van der Waals surface area (Å²) in [7, 11) is 0. The molecule has 0 saturated carbocycles. The van der Waals surface area contributed by atoms with Gasteiger partial charge in [-0.3, -0.25) is 4.98 Å². The lowest BCUT2D eigenvalue weighted by Gasteiger charge is -2.35. The molecule has 4 nitrogen and oxygen atoms in total. The van der Waals surface area contributed by atoms with Crippen LogP contribution in [0.1, 0.15) is 33.4 Å². The molecule has 0 N–H and O–H groups in total. The minimum absolute atomic E-state index is 0.621. The van der Waals surface area contributed by atoms with Crippen molar-refractivity contribution < 1.29 is 4.42 Å². The van der Waals surface area contributed by atoms with Crippen molar-refractivity contribution in [2.24, 2.45) is 0 Å². The summed E-state index contributed by atoms with van der Waals surface area (Å²) in [6.07, 6.45) is 8.25. The quantitative estimate of drug-likeness (QED) is 0.180. The number of furan rings is 1. The van der Waals surface area contributed by atoms with E-state index < -0.39 is 5.41 Å². The average Bonchev–Trinajstić information content (AvgIpc) is 3.77. The van der Waals surface area contributed by atoms with Crippen LogP contribution in [0.25, 0.3) is 90.2 Å². The van der Waals surface area contributed by atoms with Gasteiger partial charge in [0.1, 0.15) is 11.2 Å². The number of benzene rings is 7. The van der Waals surface area contributed by atoms with Gasteiger partial charge in [0.15, 0.2) is 5.82 Å². The third kappa shape index (κ3) is 4.79. The Bertz CT molecular complexity index is 3270. The van der Waals surface area contributed by atoms with E-state index in [0.717, 1.165) is 61.1 Å². The van der Waals surface area contributed by atoms with Gasteiger partial charge in [-0.15, -0.1) is 0 Å². The first-order valence-corrected chi connectivity index (χ1v) is 19.7. The van der Waals surface area contributed by atoms with Crippen LogP contribution >= 0.6 is 0 Å². The molecule has 0 aliphatic heterocycles. The number of aromatic nitrogens is 3. The zero-order valence-electron chi connectivity index (χ0n) is 31.3. The van der Waals surface area contributed by atoms with E-state index in [1.165, 1.54) is 44.5 Å². The number of fused-ring (bicyclic) bond motifs is 13. The summed E-state index contributed by atoms with van der Waals surface area (Å²) in [6.45, 7) is 0. The SMILES string of the molecule is C1=Cc2ccc(-c3cc(-c4ccc(-c5cccnc5)cc4)nc(-c4ccccc4)n3)cc2C2(c3ccccc31)c1ccccc1-c1c2ccc2oc3ccccc3c12. The van der Waals surface area contributed by atoms with Crippen molar-refractivity contribution in [2.75, 3.05) is 0 Å². The Morgan fingerprint density at radius 2 is 1.12 bits per heavy atom. The second-order valence-electron chi connectivity index (χ2n) is 15.1. The molecular formula is C54H33N3O. The molecule has 0 amide bonds. The molecule has 270 valence electrons. The van der Waals surface area contributed by atoms with Crippen LogP contribution in [0, 0.1) is 0 Å². The van der Waals surface area contributed by atoms with Crippen LogP contribution in [0.2, 0.25) is 0 Å². The number of para-hydroxylation sites is 1. The normalized spacial score (nSPS) is 14.9. The van der Waals surface area contributed by atoms with Crippen molar-refractivity contribution in [1.82, 2.24) is 15.0 Å². The predicted molar refractivity (Wildman–Crippen MR) is 235 cm³/mol. The summed E-state index contributed by atoms with van der Waals surface area (Å²) in [5.41, 5.74) is 17.9. The van der Waals surface area contributed by atoms with Gasteiger partial charge in [-0.25, -0.2) is 9.97 Å². The maximum absolute atomic E-state index is 6.50. The van der Waals surface area contributed by atoms with Crippen molar-refractivity contribution >= 4 is 34.1 Å². The fourth-order valence-corrected chi connectivity index (χ4v) is 9.48. The number of hydrogen-bond donors (Lipinski definition) is 0. The molecule has 2 aliphatic carbocycles. The van der Waals surface area contributed by atoms with Crippen molar-refractivity contribution in [3.05, 3.63) is 222 Å². The van der Waals surface area contributed by atoms with Crippen LogP contribution < -0.4 is 0 Å². The second-order valence-corrected chi connectivity index (χ2v) is 15.1. The molecule has 10 aromatic rings. The Morgan fingerprint density at radius 3 is 1.97 bits per heavy atom. The Labute approximate surface area is 335 Å². The van der Waals surface area contributed by atoms with E-state index in [9.17, 15) is 0 Å². The minimum Gasteiger partial charge on any atom is -0.456 e. The van der Waals surface area contributed by atoms with Crippen LogP contribution in [0.5, 0.6) is 0 Å². The maximum Gasteiger partial charge on any atom is 0.160 e. The fraction of sp³-hybridized carbons (Fsp3) is 0.0185. The highest BCUT2D eigenvalue weighted by molar-refractivity contribution is 6.15. The Balaban J connectivity index is 1.12. The molecule has 1 unspecified atom stereocenters. The van der Waals surface area contributed by atoms with Crippen molar-refractivity contribution in [3.8, 4) is 56.2 Å². The first-order valence-electron chi connectivity index (χ1n) is 19.7. The number of rotatable bonds is 4. The number of nitrogens with zero attached hydrogens (tertiary/aromatic N) is 3. The van der Waals surface area contributed by atoms with Gasteiger partial charge in [-0.1, -0.05) is 158 Å². The molecule has 7 aromatic carbocycles. The minimum atomic E-state index is -0.621. The average molecular weight is 740 g/mol. The monoisotopic (exact) mass is 739 g/mol. The third-order valence-electron chi connectivity index (χ3n) is 12.0. The molecule has 0 radical (unpaired) electrons. The third-order valence-corrected chi connectivity index (χ3v) is 12.0. The van der Waals surface area contributed by atoms with Gasteiger partial charge in [-0.05, 0) is 86.0 Å². The summed E-state index contributed by atoms with van der Waals surface area (Å²) in [5, 5.41) is 2.29. The second kappa shape index (κ2) is 12.7. The van der Waals surface area contributed by atoms with E-state index in [4.69, 9.17) is 14.4 Å². The molecule has 3 heterocycles. The lowest BCUT2D eigenvalue weighted by Crippen LogP contribution is -2.30. The van der Waals surface area contributed by atoms with Crippen molar-refractivity contribution in [1.29, 1.82) is 0 Å². The van der Waals surface area contributed by atoms with E-state index in [0.29, 0.717) is 5.82 Å². The molecule has 3 aromatic heterocycles. The molecule has 1 atom stereocenters. The van der Waals surface area contributed by atoms with Gasteiger partial charge >= 0.3 is 0 Å². The largest absolute Gasteiger partial charge is 0.456 e. The van der Waals surface area contributed by atoms with E-state index in [1.807, 2.05) is 36.5 Å². The molecular weight excluding hydrogens is 707 g/mol. The molecule has 4 heteroatoms. The first-order chi connectivity index (χ1) is 28.7. The van der Waals surface area contributed by atoms with E-state index in [1.54, 1.807) is 6.20 Å². The van der Waals surface area contributed by atoms with E-state index in [-0.39, 0.29) is 0 Å². The summed E-state index contributed by atoms with van der Waals surface area (Å²) >= 11 is 0. The number of hydrogen-bond acceptors (Lipinski definition) is 4. The lowest BCUT2D eigenvalue weighted by atomic mass is 9.65. The molecule has 0 fully saturated rings. The lowest BCUT2D eigenvalue weighted by molar-refractivity contribution is 0.668. The van der Waals surface area contributed by atoms with Crippen LogP contribution in [0.15, 0.2) is 193 Å². The number of pyridine rings is 1. The Hall–Kier alpha value is -7.69. The summed E-state index contributed by atoms with van der Waals surface area (Å²) in [6, 6.07) is 62.6. The molecule has 1 spiro atoms. The Kier molecular flexibility index (Phi) is 7.11. The van der Waals surface area contributed by atoms with Gasteiger partial charge < -0.3 is 4.42 Å². The Morgan fingerprint density at radius 1 is 0.431 bits per heavy atom. The van der Waals surface area contributed by atoms with Gasteiger partial charge in [0, 0.05) is 39.9 Å². The molecule has 0 saturated heterocycles. The highest BCUT2D eigenvalue weighted by Crippen LogP contribution is 2.61. The zero-order chi connectivity index (χ0) is 38.2. The van der Waals surface area contributed by atoms with Crippen molar-refractivity contribution in [2.45, 2.75) is 5.41 Å². The van der Waals surface area contributed by atoms with Gasteiger partial charge in [-0.2, -0.15) is 0 Å². The summed E-state index contributed by atoms with van der Waals surface area (Å²) in [5.74, 6) is 0.685. The van der Waals surface area contributed by atoms with E-state index in [2.05, 4.69) is 163 Å². The van der Waals surface area contributed by atoms with E-state index >= 15 is 0 Å². The first kappa shape index (κ1) is 32.5. The topological polar surface area (TPSA) is 51.8 Å². The predicted octanol–water partition coefficient (Wildman–Crippen LogP) is 13.3. The summed E-state index contributed by atoms with van der Waals surface area (Å²) < 4.78 is 6.50. The summed E-state index contributed by atoms with van der Waals surface area (Å²) in [4.78, 5) is 14.8. The smallest absolute Gasteiger partial charge is 0.160 e. The molecule has 2 aliphatic rings. The van der Waals surface area contributed by atoms with Crippen LogP contribution in [-0.4, -0.2) is 15.0 Å². The zero-order valence-corrected chi connectivity index (χ0v) is 31.3.